The smallest absolute Gasteiger partial charge is 0.306 e. The monoisotopic (exact) mass is 583 g/mol. The summed E-state index contributed by atoms with van der Waals surface area (Å²) in [4.78, 5) is 24.1. The van der Waals surface area contributed by atoms with Gasteiger partial charge in [-0.2, -0.15) is 0 Å². The molecule has 0 aliphatic heterocycles. The number of unbranched alkanes of at least 4 members (excludes halogenated alkanes) is 21. The predicted molar refractivity (Wildman–Crippen MR) is 173 cm³/mol. The number of carbonyl (C=O) groups is 2. The maximum atomic E-state index is 12.1. The Morgan fingerprint density at radius 1 is 0.561 bits per heavy atom. The summed E-state index contributed by atoms with van der Waals surface area (Å²) in [6.07, 6.45) is 31.5. The van der Waals surface area contributed by atoms with Crippen LogP contribution in [0.3, 0.4) is 0 Å². The minimum Gasteiger partial charge on any atom is -0.462 e. The Balaban J connectivity index is 3.53. The maximum absolute atomic E-state index is 12.1. The van der Waals surface area contributed by atoms with Crippen molar-refractivity contribution in [2.75, 3.05) is 13.2 Å². The predicted octanol–water partition coefficient (Wildman–Crippen LogP) is 10.6. The quantitative estimate of drug-likeness (QED) is 0.0631. The highest BCUT2D eigenvalue weighted by Gasteiger charge is 2.16. The molecule has 41 heavy (non-hydrogen) atoms. The van der Waals surface area contributed by atoms with E-state index in [1.165, 1.54) is 128 Å². The van der Waals surface area contributed by atoms with Gasteiger partial charge in [0.25, 0.3) is 0 Å². The number of hydrogen-bond donors (Lipinski definition) is 1. The number of aliphatic hydroxyl groups is 1. The van der Waals surface area contributed by atoms with Gasteiger partial charge in [0, 0.05) is 12.8 Å². The van der Waals surface area contributed by atoms with Crippen molar-refractivity contribution in [3.05, 3.63) is 0 Å². The fourth-order valence-corrected chi connectivity index (χ4v) is 5.29. The minimum absolute atomic E-state index is 0.0587. The summed E-state index contributed by atoms with van der Waals surface area (Å²) in [5.74, 6) is 0.275. The molecule has 1 unspecified atom stereocenters. The van der Waals surface area contributed by atoms with Crippen molar-refractivity contribution in [3.8, 4) is 0 Å². The van der Waals surface area contributed by atoms with Crippen molar-refractivity contribution in [3.63, 3.8) is 0 Å². The molecular weight excluding hydrogens is 512 g/mol. The van der Waals surface area contributed by atoms with Gasteiger partial charge in [0.05, 0.1) is 6.61 Å². The van der Waals surface area contributed by atoms with Crippen LogP contribution in [0.1, 0.15) is 194 Å². The fraction of sp³-hybridized carbons (Fsp3) is 0.944. The van der Waals surface area contributed by atoms with E-state index in [0.717, 1.165) is 38.0 Å². The highest BCUT2D eigenvalue weighted by molar-refractivity contribution is 5.70. The van der Waals surface area contributed by atoms with Gasteiger partial charge in [-0.25, -0.2) is 0 Å². The number of hydrogen-bond acceptors (Lipinski definition) is 5. The van der Waals surface area contributed by atoms with Crippen molar-refractivity contribution in [1.82, 2.24) is 0 Å². The number of esters is 2. The van der Waals surface area contributed by atoms with Crippen LogP contribution >= 0.6 is 0 Å². The van der Waals surface area contributed by atoms with Crippen LogP contribution < -0.4 is 0 Å². The maximum Gasteiger partial charge on any atom is 0.306 e. The lowest BCUT2D eigenvalue weighted by Gasteiger charge is -2.15. The first-order valence-corrected chi connectivity index (χ1v) is 18.0. The lowest BCUT2D eigenvalue weighted by molar-refractivity contribution is -0.161. The molecule has 0 heterocycles. The second kappa shape index (κ2) is 31.8. The second-order valence-electron chi connectivity index (χ2n) is 12.6. The zero-order chi connectivity index (χ0) is 30.2. The van der Waals surface area contributed by atoms with Gasteiger partial charge in [0.1, 0.15) is 6.61 Å². The number of aliphatic hydroxyl groups excluding tert-OH is 1. The Bertz CT molecular complexity index is 564. The Kier molecular flexibility index (Phi) is 31.0. The molecule has 0 spiro atoms. The molecule has 0 bridgehead atoms. The van der Waals surface area contributed by atoms with Crippen molar-refractivity contribution in [2.24, 2.45) is 5.92 Å². The summed E-state index contributed by atoms with van der Waals surface area (Å²) in [5.41, 5.74) is 0. The van der Waals surface area contributed by atoms with Gasteiger partial charge in [-0.05, 0) is 18.8 Å². The van der Waals surface area contributed by atoms with Gasteiger partial charge in [-0.1, -0.05) is 168 Å². The van der Waals surface area contributed by atoms with Gasteiger partial charge >= 0.3 is 11.9 Å². The molecule has 0 saturated heterocycles. The van der Waals surface area contributed by atoms with Gasteiger partial charge in [-0.3, -0.25) is 9.59 Å². The molecule has 2 atom stereocenters. The third-order valence-corrected chi connectivity index (χ3v) is 8.44. The van der Waals surface area contributed by atoms with E-state index in [1.54, 1.807) is 0 Å². The molecule has 0 aliphatic carbocycles. The summed E-state index contributed by atoms with van der Waals surface area (Å²) >= 11 is 0. The van der Waals surface area contributed by atoms with E-state index in [2.05, 4.69) is 20.8 Å². The Morgan fingerprint density at radius 3 is 1.37 bits per heavy atom. The summed E-state index contributed by atoms with van der Waals surface area (Å²) in [7, 11) is 0. The second-order valence-corrected chi connectivity index (χ2v) is 12.6. The topological polar surface area (TPSA) is 72.8 Å². The standard InChI is InChI=1S/C36H70O5/c1-4-6-7-8-9-10-11-12-13-14-15-16-20-23-26-29-35(38)40-32-34(31-37)41-36(39)30-27-24-21-18-17-19-22-25-28-33(3)5-2/h33-34,37H,4-32H2,1-3H3/t33?,34-/m0/s1. The molecule has 0 fully saturated rings. The molecule has 0 rings (SSSR count). The molecule has 0 radical (unpaired) electrons. The van der Waals surface area contributed by atoms with Crippen LogP contribution in [-0.2, 0) is 19.1 Å². The van der Waals surface area contributed by atoms with E-state index in [-0.39, 0.29) is 25.2 Å². The zero-order valence-electron chi connectivity index (χ0n) is 27.7. The highest BCUT2D eigenvalue weighted by Crippen LogP contribution is 2.16. The number of rotatable bonds is 32. The summed E-state index contributed by atoms with van der Waals surface area (Å²) < 4.78 is 10.6. The van der Waals surface area contributed by atoms with Crippen LogP contribution in [0.5, 0.6) is 0 Å². The van der Waals surface area contributed by atoms with E-state index in [4.69, 9.17) is 9.47 Å². The van der Waals surface area contributed by atoms with E-state index < -0.39 is 6.10 Å². The first-order valence-electron chi connectivity index (χ1n) is 18.0. The van der Waals surface area contributed by atoms with E-state index >= 15 is 0 Å². The van der Waals surface area contributed by atoms with Crippen LogP contribution in [-0.4, -0.2) is 36.4 Å². The molecular formula is C36H70O5. The third-order valence-electron chi connectivity index (χ3n) is 8.44. The van der Waals surface area contributed by atoms with Gasteiger partial charge in [-0.15, -0.1) is 0 Å². The van der Waals surface area contributed by atoms with Crippen molar-refractivity contribution in [1.29, 1.82) is 0 Å². The first-order chi connectivity index (χ1) is 20.0. The normalized spacial score (nSPS) is 12.8. The minimum atomic E-state index is -0.761. The van der Waals surface area contributed by atoms with E-state index in [0.29, 0.717) is 12.8 Å². The van der Waals surface area contributed by atoms with Crippen molar-refractivity contribution in [2.45, 2.75) is 200 Å². The number of carbonyl (C=O) groups excluding carboxylic acids is 2. The molecule has 0 aliphatic rings. The van der Waals surface area contributed by atoms with Gasteiger partial charge in [0.15, 0.2) is 6.10 Å². The van der Waals surface area contributed by atoms with E-state index in [1.807, 2.05) is 0 Å². The Morgan fingerprint density at radius 2 is 0.951 bits per heavy atom. The van der Waals surface area contributed by atoms with Crippen LogP contribution in [0.25, 0.3) is 0 Å². The van der Waals surface area contributed by atoms with Crippen LogP contribution in [0.15, 0.2) is 0 Å². The third kappa shape index (κ3) is 30.2. The lowest BCUT2D eigenvalue weighted by atomic mass is 9.99. The molecule has 0 saturated carbocycles. The van der Waals surface area contributed by atoms with Crippen LogP contribution in [0, 0.1) is 5.92 Å². The van der Waals surface area contributed by atoms with Crippen molar-refractivity contribution < 1.29 is 24.2 Å². The average Bonchev–Trinajstić information content (AvgIpc) is 2.97. The summed E-state index contributed by atoms with van der Waals surface area (Å²) in [6.45, 7) is 6.49. The molecule has 5 heteroatoms. The molecule has 0 aromatic carbocycles. The number of ether oxygens (including phenoxy) is 2. The first kappa shape index (κ1) is 39.9. The molecule has 1 N–H and O–H groups in total. The fourth-order valence-electron chi connectivity index (χ4n) is 5.29. The molecule has 0 amide bonds. The summed E-state index contributed by atoms with van der Waals surface area (Å²) in [6, 6.07) is 0. The lowest BCUT2D eigenvalue weighted by Crippen LogP contribution is -2.28. The average molecular weight is 583 g/mol. The largest absolute Gasteiger partial charge is 0.462 e. The van der Waals surface area contributed by atoms with Crippen molar-refractivity contribution >= 4 is 11.9 Å². The van der Waals surface area contributed by atoms with Gasteiger partial charge in [0.2, 0.25) is 0 Å². The van der Waals surface area contributed by atoms with Crippen LogP contribution in [0.2, 0.25) is 0 Å². The molecule has 0 aromatic rings. The molecule has 5 nitrogen and oxygen atoms in total. The molecule has 0 aromatic heterocycles. The highest BCUT2D eigenvalue weighted by atomic mass is 16.6. The SMILES string of the molecule is CCCCCCCCCCCCCCCCCC(=O)OC[C@H](CO)OC(=O)CCCCCCCCCCC(C)CC. The van der Waals surface area contributed by atoms with Gasteiger partial charge < -0.3 is 14.6 Å². The summed E-state index contributed by atoms with van der Waals surface area (Å²) in [5, 5.41) is 9.51. The van der Waals surface area contributed by atoms with E-state index in [9.17, 15) is 14.7 Å². The molecule has 244 valence electrons. The Hall–Kier alpha value is -1.10. The Labute approximate surface area is 255 Å². The van der Waals surface area contributed by atoms with Crippen LogP contribution in [0.4, 0.5) is 0 Å². The zero-order valence-corrected chi connectivity index (χ0v) is 27.7.